The van der Waals surface area contributed by atoms with E-state index in [4.69, 9.17) is 5.26 Å². The zero-order chi connectivity index (χ0) is 14.7. The first-order valence-electron chi connectivity index (χ1n) is 6.47. The highest BCUT2D eigenvalue weighted by Gasteiger charge is 2.30. The van der Waals surface area contributed by atoms with Crippen molar-refractivity contribution in [2.24, 2.45) is 0 Å². The van der Waals surface area contributed by atoms with E-state index in [0.717, 1.165) is 12.8 Å². The first kappa shape index (κ1) is 14.0. The van der Waals surface area contributed by atoms with E-state index in [9.17, 15) is 14.9 Å². The van der Waals surface area contributed by atoms with E-state index in [1.807, 2.05) is 4.90 Å². The number of carbonyl (C=O) groups excluding carboxylic acids is 1. The first-order valence-corrected chi connectivity index (χ1v) is 6.47. The summed E-state index contributed by atoms with van der Waals surface area (Å²) >= 11 is 0. The van der Waals surface area contributed by atoms with Crippen LogP contribution in [0, 0.1) is 21.4 Å². The van der Waals surface area contributed by atoms with Gasteiger partial charge in [-0.2, -0.15) is 5.26 Å². The summed E-state index contributed by atoms with van der Waals surface area (Å²) in [5, 5.41) is 19.8. The van der Waals surface area contributed by atoms with E-state index in [1.54, 1.807) is 6.07 Å². The number of rotatable bonds is 6. The number of hydrogen-bond acceptors (Lipinski definition) is 5. The van der Waals surface area contributed by atoms with E-state index in [0.29, 0.717) is 24.7 Å². The van der Waals surface area contributed by atoms with Crippen LogP contribution in [0.4, 0.5) is 11.4 Å². The molecular weight excluding hydrogens is 258 g/mol. The number of nitriles is 1. The number of Topliss-reactive ketones (excluding diaryl/α,β-unsaturated/α-hetero) is 1. The Hall–Kier alpha value is -2.42. The van der Waals surface area contributed by atoms with Crippen molar-refractivity contribution in [3.63, 3.8) is 0 Å². The molecule has 0 bridgehead atoms. The van der Waals surface area contributed by atoms with Gasteiger partial charge in [0.2, 0.25) is 0 Å². The van der Waals surface area contributed by atoms with Crippen LogP contribution in [0.3, 0.4) is 0 Å². The summed E-state index contributed by atoms with van der Waals surface area (Å²) in [4.78, 5) is 24.0. The molecule has 0 aliphatic heterocycles. The van der Waals surface area contributed by atoms with Crippen molar-refractivity contribution in [2.75, 3.05) is 11.4 Å². The van der Waals surface area contributed by atoms with Crippen LogP contribution in [-0.2, 0) is 0 Å². The van der Waals surface area contributed by atoms with Crippen LogP contribution in [0.1, 0.15) is 36.5 Å². The van der Waals surface area contributed by atoms with Crippen molar-refractivity contribution in [1.29, 1.82) is 5.26 Å². The molecule has 1 saturated carbocycles. The van der Waals surface area contributed by atoms with Gasteiger partial charge in [-0.1, -0.05) is 0 Å². The lowest BCUT2D eigenvalue weighted by atomic mass is 10.1. The predicted octanol–water partition coefficient (Wildman–Crippen LogP) is 2.68. The van der Waals surface area contributed by atoms with Gasteiger partial charge in [-0.25, -0.2) is 0 Å². The zero-order valence-corrected chi connectivity index (χ0v) is 11.2. The summed E-state index contributed by atoms with van der Waals surface area (Å²) in [6.45, 7) is 1.87. The lowest BCUT2D eigenvalue weighted by Gasteiger charge is -2.23. The van der Waals surface area contributed by atoms with E-state index >= 15 is 0 Å². The van der Waals surface area contributed by atoms with Crippen LogP contribution < -0.4 is 4.90 Å². The molecule has 104 valence electrons. The summed E-state index contributed by atoms with van der Waals surface area (Å²) in [6, 6.07) is 7.10. The third-order valence-corrected chi connectivity index (χ3v) is 3.34. The molecule has 0 atom stereocenters. The Morgan fingerprint density at radius 1 is 1.55 bits per heavy atom. The lowest BCUT2D eigenvalue weighted by molar-refractivity contribution is -0.385. The maximum Gasteiger partial charge on any atom is 0.282 e. The lowest BCUT2D eigenvalue weighted by Crippen LogP contribution is -2.26. The standard InChI is InChI=1S/C14H15N3O3/c1-10(18)13-6-5-12(9-14(13)17(19)20)16(8-2-7-15)11-3-4-11/h5-6,9,11H,2-4,8H2,1H3. The monoisotopic (exact) mass is 273 g/mol. The number of carbonyl (C=O) groups is 1. The highest BCUT2D eigenvalue weighted by Crippen LogP contribution is 2.34. The van der Waals surface area contributed by atoms with Crippen molar-refractivity contribution >= 4 is 17.2 Å². The van der Waals surface area contributed by atoms with Gasteiger partial charge in [-0.05, 0) is 31.9 Å². The normalized spacial score (nSPS) is 13.6. The minimum atomic E-state index is -0.532. The van der Waals surface area contributed by atoms with Gasteiger partial charge in [0.1, 0.15) is 0 Å². The van der Waals surface area contributed by atoms with Crippen molar-refractivity contribution in [3.05, 3.63) is 33.9 Å². The molecule has 0 aromatic heterocycles. The second kappa shape index (κ2) is 5.70. The van der Waals surface area contributed by atoms with E-state index < -0.39 is 4.92 Å². The van der Waals surface area contributed by atoms with Crippen molar-refractivity contribution < 1.29 is 9.72 Å². The minimum Gasteiger partial charge on any atom is -0.367 e. The van der Waals surface area contributed by atoms with Crippen LogP contribution in [0.2, 0.25) is 0 Å². The largest absolute Gasteiger partial charge is 0.367 e. The molecular formula is C14H15N3O3. The molecule has 1 fully saturated rings. The Morgan fingerprint density at radius 2 is 2.25 bits per heavy atom. The van der Waals surface area contributed by atoms with E-state index in [1.165, 1.54) is 19.1 Å². The number of nitro benzene ring substituents is 1. The molecule has 0 radical (unpaired) electrons. The second-order valence-corrected chi connectivity index (χ2v) is 4.85. The minimum absolute atomic E-state index is 0.120. The number of anilines is 1. The van der Waals surface area contributed by atoms with Crippen LogP contribution in [0.25, 0.3) is 0 Å². The molecule has 0 spiro atoms. The van der Waals surface area contributed by atoms with Gasteiger partial charge in [-0.3, -0.25) is 14.9 Å². The molecule has 0 amide bonds. The SMILES string of the molecule is CC(=O)c1ccc(N(CCC#N)C2CC2)cc1[N+](=O)[O-]. The highest BCUT2D eigenvalue weighted by molar-refractivity contribution is 5.98. The molecule has 0 heterocycles. The molecule has 0 N–H and O–H groups in total. The Labute approximate surface area is 116 Å². The Balaban J connectivity index is 2.36. The van der Waals surface area contributed by atoms with Gasteiger partial charge in [0.05, 0.1) is 23.0 Å². The average Bonchev–Trinajstić information content (AvgIpc) is 3.23. The van der Waals surface area contributed by atoms with Gasteiger partial charge in [-0.15, -0.1) is 0 Å². The Morgan fingerprint density at radius 3 is 2.75 bits per heavy atom. The van der Waals surface area contributed by atoms with Gasteiger partial charge >= 0.3 is 0 Å². The first-order chi connectivity index (χ1) is 9.54. The van der Waals surface area contributed by atoms with Gasteiger partial charge in [0.25, 0.3) is 5.69 Å². The second-order valence-electron chi connectivity index (χ2n) is 4.85. The van der Waals surface area contributed by atoms with E-state index in [2.05, 4.69) is 6.07 Å². The number of nitro groups is 1. The molecule has 20 heavy (non-hydrogen) atoms. The summed E-state index contributed by atoms with van der Waals surface area (Å²) in [7, 11) is 0. The van der Waals surface area contributed by atoms with Crippen molar-refractivity contribution in [2.45, 2.75) is 32.2 Å². The van der Waals surface area contributed by atoms with Crippen LogP contribution in [0.15, 0.2) is 18.2 Å². The fraction of sp³-hybridized carbons (Fsp3) is 0.429. The fourth-order valence-corrected chi connectivity index (χ4v) is 2.23. The summed E-state index contributed by atoms with van der Waals surface area (Å²) < 4.78 is 0. The zero-order valence-electron chi connectivity index (χ0n) is 11.2. The Bertz CT molecular complexity index is 588. The summed E-state index contributed by atoms with van der Waals surface area (Å²) in [5.74, 6) is -0.321. The molecule has 1 aliphatic rings. The Kier molecular flexibility index (Phi) is 3.99. The summed E-state index contributed by atoms with van der Waals surface area (Å²) in [5.41, 5.74) is 0.659. The number of nitrogens with zero attached hydrogens (tertiary/aromatic N) is 3. The number of hydrogen-bond donors (Lipinski definition) is 0. The molecule has 6 nitrogen and oxygen atoms in total. The van der Waals surface area contributed by atoms with Crippen molar-refractivity contribution in [3.8, 4) is 6.07 Å². The molecule has 1 aromatic rings. The van der Waals surface area contributed by atoms with E-state index in [-0.39, 0.29) is 17.0 Å². The maximum atomic E-state index is 11.4. The van der Waals surface area contributed by atoms with Gasteiger partial charge in [0.15, 0.2) is 5.78 Å². The molecule has 1 aliphatic carbocycles. The third kappa shape index (κ3) is 2.94. The topological polar surface area (TPSA) is 87.2 Å². The smallest absolute Gasteiger partial charge is 0.282 e. The third-order valence-electron chi connectivity index (χ3n) is 3.34. The highest BCUT2D eigenvalue weighted by atomic mass is 16.6. The fourth-order valence-electron chi connectivity index (χ4n) is 2.23. The number of ketones is 1. The van der Waals surface area contributed by atoms with Gasteiger partial charge < -0.3 is 4.90 Å². The van der Waals surface area contributed by atoms with Crippen LogP contribution in [-0.4, -0.2) is 23.3 Å². The predicted molar refractivity (Wildman–Crippen MR) is 73.7 cm³/mol. The molecule has 1 aromatic carbocycles. The summed E-state index contributed by atoms with van der Waals surface area (Å²) in [6.07, 6.45) is 2.44. The van der Waals surface area contributed by atoms with Crippen LogP contribution in [0.5, 0.6) is 0 Å². The maximum absolute atomic E-state index is 11.4. The molecule has 0 saturated heterocycles. The average molecular weight is 273 g/mol. The van der Waals surface area contributed by atoms with Crippen molar-refractivity contribution in [1.82, 2.24) is 0 Å². The molecule has 2 rings (SSSR count). The number of benzene rings is 1. The molecule has 0 unspecified atom stereocenters. The molecule has 6 heteroatoms. The quantitative estimate of drug-likeness (QED) is 0.451. The van der Waals surface area contributed by atoms with Gasteiger partial charge in [0, 0.05) is 24.3 Å². The van der Waals surface area contributed by atoms with Crippen LogP contribution >= 0.6 is 0 Å².